The van der Waals surface area contributed by atoms with Gasteiger partial charge in [0.15, 0.2) is 0 Å². The van der Waals surface area contributed by atoms with Gasteiger partial charge in [-0.2, -0.15) is 0 Å². The van der Waals surface area contributed by atoms with Crippen molar-refractivity contribution < 1.29 is 13.9 Å². The maximum atomic E-state index is 14.6. The molecular formula is C21H21FN2O2. The monoisotopic (exact) mass is 352 g/mol. The summed E-state index contributed by atoms with van der Waals surface area (Å²) in [6, 6.07) is 15.4. The number of carbonyl (C=O) groups is 1. The third-order valence-electron chi connectivity index (χ3n) is 4.91. The van der Waals surface area contributed by atoms with Gasteiger partial charge in [-0.25, -0.2) is 9.18 Å². The maximum absolute atomic E-state index is 14.6. The van der Waals surface area contributed by atoms with Gasteiger partial charge in [-0.05, 0) is 35.8 Å². The zero-order valence-corrected chi connectivity index (χ0v) is 14.5. The molecule has 0 aliphatic carbocycles. The van der Waals surface area contributed by atoms with Crippen LogP contribution in [0.4, 0.5) is 14.9 Å². The van der Waals surface area contributed by atoms with Crippen molar-refractivity contribution in [2.75, 3.05) is 31.1 Å². The Morgan fingerprint density at radius 3 is 2.58 bits per heavy atom. The first-order valence-corrected chi connectivity index (χ1v) is 8.90. The lowest BCUT2D eigenvalue weighted by Crippen LogP contribution is -2.28. The van der Waals surface area contributed by atoms with E-state index in [4.69, 9.17) is 4.74 Å². The highest BCUT2D eigenvalue weighted by molar-refractivity contribution is 5.89. The number of anilines is 1. The Balaban J connectivity index is 1.45. The number of hydrogen-bond donors (Lipinski definition) is 0. The molecule has 0 spiro atoms. The van der Waals surface area contributed by atoms with Crippen molar-refractivity contribution in [2.24, 2.45) is 0 Å². The molecule has 1 amide bonds. The van der Waals surface area contributed by atoms with Crippen LogP contribution < -0.4 is 4.90 Å². The third-order valence-corrected chi connectivity index (χ3v) is 4.91. The van der Waals surface area contributed by atoms with Crippen molar-refractivity contribution in [3.63, 3.8) is 0 Å². The van der Waals surface area contributed by atoms with Crippen molar-refractivity contribution in [1.82, 2.24) is 4.90 Å². The molecule has 0 atom stereocenters. The Bertz CT molecular complexity index is 835. The maximum Gasteiger partial charge on any atom is 0.414 e. The van der Waals surface area contributed by atoms with E-state index in [1.807, 2.05) is 18.2 Å². The molecule has 2 aromatic rings. The van der Waals surface area contributed by atoms with Crippen molar-refractivity contribution in [3.8, 4) is 0 Å². The average molecular weight is 352 g/mol. The van der Waals surface area contributed by atoms with E-state index < -0.39 is 6.09 Å². The molecule has 1 saturated heterocycles. The highest BCUT2D eigenvalue weighted by Crippen LogP contribution is 2.29. The summed E-state index contributed by atoms with van der Waals surface area (Å²) in [5, 5.41) is 0. The van der Waals surface area contributed by atoms with Crippen molar-refractivity contribution in [2.45, 2.75) is 13.0 Å². The zero-order chi connectivity index (χ0) is 17.9. The molecule has 26 heavy (non-hydrogen) atoms. The van der Waals surface area contributed by atoms with Gasteiger partial charge in [0.05, 0.1) is 12.2 Å². The second-order valence-electron chi connectivity index (χ2n) is 6.63. The second-order valence-corrected chi connectivity index (χ2v) is 6.63. The minimum Gasteiger partial charge on any atom is -0.447 e. The number of hydrogen-bond acceptors (Lipinski definition) is 3. The summed E-state index contributed by atoms with van der Waals surface area (Å²) < 4.78 is 19.5. The highest BCUT2D eigenvalue weighted by Gasteiger charge is 2.25. The average Bonchev–Trinajstić information content (AvgIpc) is 3.09. The number of benzene rings is 2. The number of rotatable bonds is 4. The lowest BCUT2D eigenvalue weighted by atomic mass is 9.98. The molecule has 4 rings (SSSR count). The van der Waals surface area contributed by atoms with Gasteiger partial charge in [0.1, 0.15) is 12.4 Å². The van der Waals surface area contributed by atoms with Gasteiger partial charge in [0, 0.05) is 25.2 Å². The summed E-state index contributed by atoms with van der Waals surface area (Å²) in [6.07, 6.45) is 2.51. The van der Waals surface area contributed by atoms with E-state index in [1.54, 1.807) is 12.1 Å². The van der Waals surface area contributed by atoms with Gasteiger partial charge in [-0.15, -0.1) is 0 Å². The van der Waals surface area contributed by atoms with Crippen molar-refractivity contribution >= 4 is 17.4 Å². The molecule has 5 heteroatoms. The normalized spacial score (nSPS) is 18.0. The summed E-state index contributed by atoms with van der Waals surface area (Å²) in [4.78, 5) is 15.4. The number of ether oxygens (including phenoxy) is 1. The smallest absolute Gasteiger partial charge is 0.414 e. The van der Waals surface area contributed by atoms with E-state index in [0.29, 0.717) is 24.4 Å². The lowest BCUT2D eigenvalue weighted by Gasteiger charge is -2.27. The summed E-state index contributed by atoms with van der Waals surface area (Å²) in [5.74, 6) is -0.287. The quantitative estimate of drug-likeness (QED) is 0.831. The molecule has 2 aromatic carbocycles. The first-order valence-electron chi connectivity index (χ1n) is 8.90. The Hall–Kier alpha value is -2.66. The first kappa shape index (κ1) is 16.8. The summed E-state index contributed by atoms with van der Waals surface area (Å²) in [6.45, 7) is 3.44. The number of nitrogens with zero attached hydrogens (tertiary/aromatic N) is 2. The molecule has 0 saturated carbocycles. The molecule has 134 valence electrons. The number of cyclic esters (lactones) is 1. The van der Waals surface area contributed by atoms with E-state index in [-0.39, 0.29) is 5.82 Å². The standard InChI is InChI=1S/C21H21FN2O2/c22-20-14-18(24-12-13-26-21(24)25)6-7-19(20)17-8-10-23(11-9-17)15-16-4-2-1-3-5-16/h1-8,14H,9-13,15H2. The van der Waals surface area contributed by atoms with E-state index in [1.165, 1.54) is 16.5 Å². The van der Waals surface area contributed by atoms with Crippen molar-refractivity contribution in [1.29, 1.82) is 0 Å². The predicted molar refractivity (Wildman–Crippen MR) is 99.4 cm³/mol. The molecule has 2 aliphatic rings. The van der Waals surface area contributed by atoms with Crippen LogP contribution in [0.25, 0.3) is 5.57 Å². The minimum absolute atomic E-state index is 0.287. The molecule has 1 fully saturated rings. The molecule has 0 unspecified atom stereocenters. The molecular weight excluding hydrogens is 331 g/mol. The predicted octanol–water partition coefficient (Wildman–Crippen LogP) is 4.07. The topological polar surface area (TPSA) is 32.8 Å². The fraction of sp³-hybridized carbons (Fsp3) is 0.286. The van der Waals surface area contributed by atoms with E-state index >= 15 is 0 Å². The van der Waals surface area contributed by atoms with Crippen LogP contribution in [0.5, 0.6) is 0 Å². The largest absolute Gasteiger partial charge is 0.447 e. The van der Waals surface area contributed by atoms with Gasteiger partial charge < -0.3 is 4.74 Å². The molecule has 0 N–H and O–H groups in total. The van der Waals surface area contributed by atoms with E-state index in [9.17, 15) is 9.18 Å². The lowest BCUT2D eigenvalue weighted by molar-refractivity contribution is 0.181. The van der Waals surface area contributed by atoms with E-state index in [0.717, 1.165) is 31.6 Å². The van der Waals surface area contributed by atoms with E-state index in [2.05, 4.69) is 23.1 Å². The van der Waals surface area contributed by atoms with Crippen molar-refractivity contribution in [3.05, 3.63) is 71.6 Å². The van der Waals surface area contributed by atoms with Crippen LogP contribution >= 0.6 is 0 Å². The molecule has 2 heterocycles. The summed E-state index contributed by atoms with van der Waals surface area (Å²) in [7, 11) is 0. The van der Waals surface area contributed by atoms with Crippen LogP contribution in [-0.4, -0.2) is 37.2 Å². The Kier molecular flexibility index (Phi) is 4.71. The van der Waals surface area contributed by atoms with Crippen LogP contribution in [0.15, 0.2) is 54.6 Å². The number of halogens is 1. The zero-order valence-electron chi connectivity index (χ0n) is 14.5. The van der Waals surface area contributed by atoms with Crippen LogP contribution in [0.3, 0.4) is 0 Å². The number of amides is 1. The molecule has 0 radical (unpaired) electrons. The van der Waals surface area contributed by atoms with Crippen LogP contribution in [0.2, 0.25) is 0 Å². The van der Waals surface area contributed by atoms with Gasteiger partial charge in [0.2, 0.25) is 0 Å². The van der Waals surface area contributed by atoms with Gasteiger partial charge >= 0.3 is 6.09 Å². The van der Waals surface area contributed by atoms with Gasteiger partial charge in [-0.1, -0.05) is 36.4 Å². The van der Waals surface area contributed by atoms with Gasteiger partial charge in [-0.3, -0.25) is 9.80 Å². The Labute approximate surface area is 152 Å². The SMILES string of the molecule is O=C1OCCN1c1ccc(C2=CCN(Cc3ccccc3)CC2)c(F)c1. The Morgan fingerprint density at radius 2 is 1.92 bits per heavy atom. The van der Waals surface area contributed by atoms with Crippen LogP contribution in [0, 0.1) is 5.82 Å². The van der Waals surface area contributed by atoms with Crippen LogP contribution in [-0.2, 0) is 11.3 Å². The number of carbonyl (C=O) groups excluding carboxylic acids is 1. The Morgan fingerprint density at radius 1 is 1.08 bits per heavy atom. The molecule has 2 aliphatic heterocycles. The fourth-order valence-corrected chi connectivity index (χ4v) is 3.50. The van der Waals surface area contributed by atoms with Gasteiger partial charge in [0.25, 0.3) is 0 Å². The summed E-state index contributed by atoms with van der Waals surface area (Å²) in [5.41, 5.74) is 3.50. The second kappa shape index (κ2) is 7.30. The molecule has 0 aromatic heterocycles. The first-order chi connectivity index (χ1) is 12.7. The third kappa shape index (κ3) is 3.48. The summed E-state index contributed by atoms with van der Waals surface area (Å²) >= 11 is 0. The molecule has 0 bridgehead atoms. The molecule has 4 nitrogen and oxygen atoms in total. The highest BCUT2D eigenvalue weighted by atomic mass is 19.1. The minimum atomic E-state index is -0.411. The van der Waals surface area contributed by atoms with Crippen LogP contribution in [0.1, 0.15) is 17.5 Å². The fourth-order valence-electron chi connectivity index (χ4n) is 3.50.